The molecule has 1 amide bonds. The molecule has 6 nitrogen and oxygen atoms in total. The Morgan fingerprint density at radius 2 is 1.89 bits per heavy atom. The van der Waals surface area contributed by atoms with Gasteiger partial charge in [0.25, 0.3) is 5.91 Å². The van der Waals surface area contributed by atoms with Gasteiger partial charge < -0.3 is 19.1 Å². The van der Waals surface area contributed by atoms with Crippen molar-refractivity contribution in [1.82, 2.24) is 4.90 Å². The molecule has 0 atom stereocenters. The Morgan fingerprint density at radius 1 is 1.15 bits per heavy atom. The number of ether oxygens (including phenoxy) is 3. The third-order valence-electron chi connectivity index (χ3n) is 3.93. The Balaban J connectivity index is 1.55. The third kappa shape index (κ3) is 4.68. The summed E-state index contributed by atoms with van der Waals surface area (Å²) in [6.45, 7) is 0.775. The number of hydrogen-bond acceptors (Lipinski definition) is 5. The number of amides is 1. The van der Waals surface area contributed by atoms with E-state index in [1.165, 1.54) is 17.0 Å². The summed E-state index contributed by atoms with van der Waals surface area (Å²) in [6.07, 6.45) is 0. The van der Waals surface area contributed by atoms with E-state index in [1.807, 2.05) is 6.07 Å². The number of rotatable bonds is 5. The number of fused-ring (bicyclic) bond motifs is 1. The van der Waals surface area contributed by atoms with Crippen molar-refractivity contribution in [1.29, 1.82) is 0 Å². The highest BCUT2D eigenvalue weighted by Crippen LogP contribution is 2.31. The first-order valence-corrected chi connectivity index (χ1v) is 8.56. The Hall–Kier alpha value is -2.80. The largest absolute Gasteiger partial charge is 0.486 e. The summed E-state index contributed by atoms with van der Waals surface area (Å²) in [7, 11) is 1.58. The first-order valence-electron chi connectivity index (χ1n) is 8.18. The molecule has 0 saturated heterocycles. The van der Waals surface area contributed by atoms with Gasteiger partial charge in [-0.05, 0) is 35.9 Å². The first kappa shape index (κ1) is 19.0. The van der Waals surface area contributed by atoms with E-state index in [0.717, 1.165) is 11.6 Å². The molecule has 0 saturated carbocycles. The fourth-order valence-electron chi connectivity index (χ4n) is 2.52. The lowest BCUT2D eigenvalue weighted by atomic mass is 10.2. The topological polar surface area (TPSA) is 65.1 Å². The fraction of sp³-hybridized carbons (Fsp3) is 0.263. The molecule has 0 radical (unpaired) electrons. The van der Waals surface area contributed by atoms with E-state index in [-0.39, 0.29) is 10.6 Å². The normalized spacial score (nSPS) is 12.4. The number of carbonyl (C=O) groups excluding carboxylic acids is 2. The second-order valence-corrected chi connectivity index (χ2v) is 6.36. The summed E-state index contributed by atoms with van der Waals surface area (Å²) in [4.78, 5) is 25.5. The molecule has 0 aromatic heterocycles. The SMILES string of the molecule is CN(Cc1ccc2c(c1)OCCO2)C(=O)COC(=O)c1ccc(Cl)cc1F. The van der Waals surface area contributed by atoms with Gasteiger partial charge in [-0.25, -0.2) is 9.18 Å². The predicted molar refractivity (Wildman–Crippen MR) is 95.6 cm³/mol. The monoisotopic (exact) mass is 393 g/mol. The average Bonchev–Trinajstić information content (AvgIpc) is 2.65. The van der Waals surface area contributed by atoms with Gasteiger partial charge in [0.1, 0.15) is 19.0 Å². The van der Waals surface area contributed by atoms with Crippen molar-refractivity contribution in [2.75, 3.05) is 26.9 Å². The van der Waals surface area contributed by atoms with Gasteiger partial charge in [-0.1, -0.05) is 17.7 Å². The molecule has 1 aliphatic rings. The van der Waals surface area contributed by atoms with E-state index in [1.54, 1.807) is 19.2 Å². The van der Waals surface area contributed by atoms with Crippen LogP contribution in [0.4, 0.5) is 4.39 Å². The van der Waals surface area contributed by atoms with E-state index in [0.29, 0.717) is 31.3 Å². The Kier molecular flexibility index (Phi) is 5.81. The van der Waals surface area contributed by atoms with Crippen LogP contribution in [0.25, 0.3) is 0 Å². The van der Waals surface area contributed by atoms with E-state index >= 15 is 0 Å². The van der Waals surface area contributed by atoms with Gasteiger partial charge in [-0.2, -0.15) is 0 Å². The van der Waals surface area contributed by atoms with Crippen LogP contribution in [0.15, 0.2) is 36.4 Å². The van der Waals surface area contributed by atoms with Crippen molar-refractivity contribution in [2.24, 2.45) is 0 Å². The van der Waals surface area contributed by atoms with Crippen molar-refractivity contribution >= 4 is 23.5 Å². The summed E-state index contributed by atoms with van der Waals surface area (Å²) in [5, 5.41) is 0.166. The lowest BCUT2D eigenvalue weighted by Gasteiger charge is -2.21. The summed E-state index contributed by atoms with van der Waals surface area (Å²) >= 11 is 5.64. The number of likely N-dealkylation sites (N-methyl/N-ethyl adjacent to an activating group) is 1. The smallest absolute Gasteiger partial charge is 0.341 e. The number of nitrogens with zero attached hydrogens (tertiary/aromatic N) is 1. The van der Waals surface area contributed by atoms with Crippen LogP contribution in [0.5, 0.6) is 11.5 Å². The van der Waals surface area contributed by atoms with Crippen LogP contribution in [0, 0.1) is 5.82 Å². The molecule has 0 spiro atoms. The van der Waals surface area contributed by atoms with Crippen LogP contribution >= 0.6 is 11.6 Å². The molecule has 0 bridgehead atoms. The molecule has 0 N–H and O–H groups in total. The molecule has 27 heavy (non-hydrogen) atoms. The van der Waals surface area contributed by atoms with Gasteiger partial charge >= 0.3 is 5.97 Å². The summed E-state index contributed by atoms with van der Waals surface area (Å²) < 4.78 is 29.6. The summed E-state index contributed by atoms with van der Waals surface area (Å²) in [6, 6.07) is 9.00. The zero-order valence-corrected chi connectivity index (χ0v) is 15.3. The molecule has 0 fully saturated rings. The number of esters is 1. The molecule has 1 aliphatic heterocycles. The van der Waals surface area contributed by atoms with Gasteiger partial charge in [0.2, 0.25) is 0 Å². The lowest BCUT2D eigenvalue weighted by molar-refractivity contribution is -0.133. The quantitative estimate of drug-likeness (QED) is 0.730. The van der Waals surface area contributed by atoms with Crippen LogP contribution in [-0.2, 0) is 16.1 Å². The van der Waals surface area contributed by atoms with Gasteiger partial charge in [0.05, 0.1) is 5.56 Å². The van der Waals surface area contributed by atoms with Gasteiger partial charge in [0.15, 0.2) is 18.1 Å². The van der Waals surface area contributed by atoms with E-state index in [2.05, 4.69) is 0 Å². The number of benzene rings is 2. The van der Waals surface area contributed by atoms with Crippen LogP contribution < -0.4 is 9.47 Å². The molecule has 3 rings (SSSR count). The maximum absolute atomic E-state index is 13.7. The van der Waals surface area contributed by atoms with Crippen molar-refractivity contribution in [3.63, 3.8) is 0 Å². The van der Waals surface area contributed by atoms with Gasteiger partial charge in [0, 0.05) is 18.6 Å². The van der Waals surface area contributed by atoms with Crippen molar-refractivity contribution < 1.29 is 28.2 Å². The zero-order valence-electron chi connectivity index (χ0n) is 14.5. The zero-order chi connectivity index (χ0) is 19.4. The van der Waals surface area contributed by atoms with Gasteiger partial charge in [-0.3, -0.25) is 4.79 Å². The van der Waals surface area contributed by atoms with Crippen LogP contribution in [-0.4, -0.2) is 43.6 Å². The van der Waals surface area contributed by atoms with Crippen molar-refractivity contribution in [3.05, 3.63) is 58.4 Å². The first-order chi connectivity index (χ1) is 12.9. The second kappa shape index (κ2) is 8.26. The Bertz CT molecular complexity index is 873. The van der Waals surface area contributed by atoms with E-state index < -0.39 is 24.3 Å². The molecule has 1 heterocycles. The third-order valence-corrected chi connectivity index (χ3v) is 4.16. The highest BCUT2D eigenvalue weighted by Gasteiger charge is 2.18. The van der Waals surface area contributed by atoms with E-state index in [9.17, 15) is 14.0 Å². The molecular weight excluding hydrogens is 377 g/mol. The second-order valence-electron chi connectivity index (χ2n) is 5.93. The molecule has 8 heteroatoms. The standard InChI is InChI=1S/C19H17ClFNO5/c1-22(10-12-2-5-16-17(8-12)26-7-6-25-16)18(23)11-27-19(24)14-4-3-13(20)9-15(14)21/h2-5,8-9H,6-7,10-11H2,1H3. The number of hydrogen-bond donors (Lipinski definition) is 0. The van der Waals surface area contributed by atoms with Crippen LogP contribution in [0.2, 0.25) is 5.02 Å². The molecule has 2 aromatic carbocycles. The minimum Gasteiger partial charge on any atom is -0.486 e. The molecule has 0 aliphatic carbocycles. The van der Waals surface area contributed by atoms with Crippen molar-refractivity contribution in [3.8, 4) is 11.5 Å². The maximum Gasteiger partial charge on any atom is 0.341 e. The van der Waals surface area contributed by atoms with Gasteiger partial charge in [-0.15, -0.1) is 0 Å². The predicted octanol–water partition coefficient (Wildman–Crippen LogP) is 3.07. The minimum atomic E-state index is -0.926. The highest BCUT2D eigenvalue weighted by atomic mass is 35.5. The number of halogens is 2. The lowest BCUT2D eigenvalue weighted by Crippen LogP contribution is -2.31. The minimum absolute atomic E-state index is 0.166. The summed E-state index contributed by atoms with van der Waals surface area (Å²) in [5.74, 6) is -0.857. The molecular formula is C19H17ClFNO5. The molecule has 2 aromatic rings. The molecule has 142 valence electrons. The molecule has 0 unspecified atom stereocenters. The summed E-state index contributed by atoms with van der Waals surface area (Å²) in [5.41, 5.74) is 0.562. The Labute approximate surface area is 160 Å². The van der Waals surface area contributed by atoms with Crippen LogP contribution in [0.3, 0.4) is 0 Å². The maximum atomic E-state index is 13.7. The van der Waals surface area contributed by atoms with Crippen LogP contribution in [0.1, 0.15) is 15.9 Å². The highest BCUT2D eigenvalue weighted by molar-refractivity contribution is 6.30. The number of carbonyl (C=O) groups is 2. The van der Waals surface area contributed by atoms with Crippen molar-refractivity contribution in [2.45, 2.75) is 6.54 Å². The van der Waals surface area contributed by atoms with E-state index in [4.69, 9.17) is 25.8 Å². The average molecular weight is 394 g/mol. The fourth-order valence-corrected chi connectivity index (χ4v) is 2.68. The Morgan fingerprint density at radius 3 is 2.63 bits per heavy atom.